The third-order valence-electron chi connectivity index (χ3n) is 6.60. The van der Waals surface area contributed by atoms with Crippen molar-refractivity contribution in [1.82, 2.24) is 24.3 Å². The number of benzene rings is 1. The molecule has 0 saturated carbocycles. The lowest BCUT2D eigenvalue weighted by Gasteiger charge is -2.27. The second-order valence-corrected chi connectivity index (χ2v) is 9.46. The Hall–Kier alpha value is -2.61. The molecule has 2 aliphatic rings. The van der Waals surface area contributed by atoms with Gasteiger partial charge in [-0.1, -0.05) is 29.3 Å². The van der Waals surface area contributed by atoms with E-state index < -0.39 is 0 Å². The highest BCUT2D eigenvalue weighted by molar-refractivity contribution is 6.45. The average Bonchev–Trinajstić information content (AvgIpc) is 3.45. The largest absolute Gasteiger partial charge is 0.357 e. The molecule has 33 heavy (non-hydrogen) atoms. The maximum atomic E-state index is 6.76. The highest BCUT2D eigenvalue weighted by Gasteiger charge is 2.28. The monoisotopic (exact) mass is 482 g/mol. The van der Waals surface area contributed by atoms with E-state index in [4.69, 9.17) is 27.9 Å². The minimum atomic E-state index is 0.00897. The second-order valence-electron chi connectivity index (χ2n) is 8.67. The van der Waals surface area contributed by atoms with Crippen LogP contribution in [-0.2, 0) is 17.7 Å². The molecule has 3 aromatic heterocycles. The standard InChI is InChI=1S/C24H24Cl2N6O/c25-18-7-6-17-21(15-12-29-32(13-15)20-4-1-2-11-33-20)19-8-5-16(14-31(19)23(17)22(18)26)30-24-27-9-3-10-28-24/h3,6-7,9-10,12-13,16,20H,1-2,4-5,8,11,14H2,(H,27,28,30). The van der Waals surface area contributed by atoms with Gasteiger partial charge in [0.05, 0.1) is 21.8 Å². The summed E-state index contributed by atoms with van der Waals surface area (Å²) in [5.74, 6) is 0.639. The van der Waals surface area contributed by atoms with Gasteiger partial charge in [-0.15, -0.1) is 0 Å². The van der Waals surface area contributed by atoms with Crippen molar-refractivity contribution in [3.63, 3.8) is 0 Å². The molecular weight excluding hydrogens is 459 g/mol. The van der Waals surface area contributed by atoms with Crippen molar-refractivity contribution in [2.45, 2.75) is 50.9 Å². The zero-order chi connectivity index (χ0) is 22.4. The fourth-order valence-electron chi connectivity index (χ4n) is 5.07. The van der Waals surface area contributed by atoms with Crippen molar-refractivity contribution < 1.29 is 4.74 Å². The predicted molar refractivity (Wildman–Crippen MR) is 130 cm³/mol. The molecule has 0 aliphatic carbocycles. The van der Waals surface area contributed by atoms with Crippen LogP contribution in [0.2, 0.25) is 10.0 Å². The third kappa shape index (κ3) is 3.78. The van der Waals surface area contributed by atoms with Crippen molar-refractivity contribution in [2.24, 2.45) is 0 Å². The average molecular weight is 483 g/mol. The lowest BCUT2D eigenvalue weighted by Crippen LogP contribution is -2.31. The van der Waals surface area contributed by atoms with Gasteiger partial charge in [0.2, 0.25) is 5.95 Å². The number of anilines is 1. The first kappa shape index (κ1) is 21.0. The molecule has 2 aliphatic heterocycles. The van der Waals surface area contributed by atoms with Gasteiger partial charge in [0.1, 0.15) is 6.23 Å². The molecule has 170 valence electrons. The zero-order valence-electron chi connectivity index (χ0n) is 18.0. The van der Waals surface area contributed by atoms with E-state index in [1.54, 1.807) is 12.4 Å². The fourth-order valence-corrected chi connectivity index (χ4v) is 5.49. The molecule has 0 spiro atoms. The molecule has 6 rings (SSSR count). The first-order chi connectivity index (χ1) is 16.2. The van der Waals surface area contributed by atoms with Crippen LogP contribution in [-0.4, -0.2) is 37.0 Å². The topological polar surface area (TPSA) is 69.8 Å². The van der Waals surface area contributed by atoms with Gasteiger partial charge in [0.25, 0.3) is 0 Å². The lowest BCUT2D eigenvalue weighted by molar-refractivity contribution is -0.0394. The molecule has 1 aromatic carbocycles. The van der Waals surface area contributed by atoms with Gasteiger partial charge in [-0.25, -0.2) is 14.6 Å². The van der Waals surface area contributed by atoms with Crippen LogP contribution in [0.3, 0.4) is 0 Å². The second kappa shape index (κ2) is 8.63. The molecular formula is C24H24Cl2N6O. The molecule has 9 heteroatoms. The van der Waals surface area contributed by atoms with E-state index in [1.807, 2.05) is 23.0 Å². The minimum absolute atomic E-state index is 0.00897. The summed E-state index contributed by atoms with van der Waals surface area (Å²) >= 11 is 13.2. The molecule has 1 N–H and O–H groups in total. The van der Waals surface area contributed by atoms with Crippen LogP contribution in [0.25, 0.3) is 22.0 Å². The van der Waals surface area contributed by atoms with E-state index in [0.717, 1.165) is 61.7 Å². The Morgan fingerprint density at radius 1 is 1.09 bits per heavy atom. The summed E-state index contributed by atoms with van der Waals surface area (Å²) in [6, 6.07) is 5.96. The van der Waals surface area contributed by atoms with Crippen molar-refractivity contribution in [2.75, 3.05) is 11.9 Å². The van der Waals surface area contributed by atoms with Crippen molar-refractivity contribution in [3.05, 3.63) is 58.7 Å². The fraction of sp³-hybridized carbons (Fsp3) is 0.375. The number of ether oxygens (including phenoxy) is 1. The predicted octanol–water partition coefficient (Wildman–Crippen LogP) is 5.73. The highest BCUT2D eigenvalue weighted by Crippen LogP contribution is 2.43. The number of hydrogen-bond acceptors (Lipinski definition) is 5. The molecule has 1 saturated heterocycles. The molecule has 4 aromatic rings. The van der Waals surface area contributed by atoms with Crippen LogP contribution >= 0.6 is 23.2 Å². The number of fused-ring (bicyclic) bond motifs is 3. The summed E-state index contributed by atoms with van der Waals surface area (Å²) in [7, 11) is 0. The van der Waals surface area contributed by atoms with E-state index in [2.05, 4.69) is 37.2 Å². The van der Waals surface area contributed by atoms with Gasteiger partial charge in [-0.2, -0.15) is 5.10 Å². The Balaban J connectivity index is 1.41. The Morgan fingerprint density at radius 3 is 2.79 bits per heavy atom. The molecule has 0 bridgehead atoms. The van der Waals surface area contributed by atoms with Crippen LogP contribution in [0.5, 0.6) is 0 Å². The maximum absolute atomic E-state index is 6.76. The number of rotatable bonds is 4. The quantitative estimate of drug-likeness (QED) is 0.402. The maximum Gasteiger partial charge on any atom is 0.222 e. The number of nitrogens with zero attached hydrogens (tertiary/aromatic N) is 5. The Morgan fingerprint density at radius 2 is 1.97 bits per heavy atom. The summed E-state index contributed by atoms with van der Waals surface area (Å²) in [6.07, 6.45) is 12.7. The Kier molecular flexibility index (Phi) is 5.48. The van der Waals surface area contributed by atoms with Crippen LogP contribution in [0.4, 0.5) is 5.95 Å². The van der Waals surface area contributed by atoms with Crippen molar-refractivity contribution in [3.8, 4) is 11.1 Å². The lowest BCUT2D eigenvalue weighted by atomic mass is 9.99. The van der Waals surface area contributed by atoms with Crippen molar-refractivity contribution >= 4 is 40.1 Å². The van der Waals surface area contributed by atoms with Gasteiger partial charge < -0.3 is 14.6 Å². The number of halogens is 2. The van der Waals surface area contributed by atoms with E-state index in [0.29, 0.717) is 16.0 Å². The SMILES string of the molecule is Clc1ccc2c(-c3cnn(C4CCCCO4)c3)c3n(c2c1Cl)CC(Nc1ncccn1)CC3. The molecule has 5 heterocycles. The van der Waals surface area contributed by atoms with Crippen molar-refractivity contribution in [1.29, 1.82) is 0 Å². The van der Waals surface area contributed by atoms with Crippen LogP contribution < -0.4 is 5.32 Å². The number of nitrogens with one attached hydrogen (secondary N) is 1. The van der Waals surface area contributed by atoms with Gasteiger partial charge in [-0.05, 0) is 44.2 Å². The molecule has 0 amide bonds. The summed E-state index contributed by atoms with van der Waals surface area (Å²) in [5.41, 5.74) is 4.49. The Bertz CT molecular complexity index is 1300. The zero-order valence-corrected chi connectivity index (χ0v) is 19.6. The highest BCUT2D eigenvalue weighted by atomic mass is 35.5. The number of hydrogen-bond donors (Lipinski definition) is 1. The third-order valence-corrected chi connectivity index (χ3v) is 7.39. The molecule has 1 fully saturated rings. The van der Waals surface area contributed by atoms with Crippen LogP contribution in [0, 0.1) is 0 Å². The summed E-state index contributed by atoms with van der Waals surface area (Å²) in [5, 5.41) is 10.4. The van der Waals surface area contributed by atoms with Crippen LogP contribution in [0.1, 0.15) is 37.6 Å². The smallest absolute Gasteiger partial charge is 0.222 e. The normalized spacial score (nSPS) is 20.7. The molecule has 2 atom stereocenters. The Labute approximate surface area is 201 Å². The van der Waals surface area contributed by atoms with Gasteiger partial charge in [0, 0.05) is 60.0 Å². The first-order valence-electron chi connectivity index (χ1n) is 11.4. The summed E-state index contributed by atoms with van der Waals surface area (Å²) in [4.78, 5) is 8.64. The van der Waals surface area contributed by atoms with Gasteiger partial charge in [0.15, 0.2) is 0 Å². The van der Waals surface area contributed by atoms with Gasteiger partial charge in [-0.3, -0.25) is 0 Å². The first-order valence-corrected chi connectivity index (χ1v) is 12.1. The number of aromatic nitrogens is 5. The van der Waals surface area contributed by atoms with Gasteiger partial charge >= 0.3 is 0 Å². The van der Waals surface area contributed by atoms with E-state index in [9.17, 15) is 0 Å². The van der Waals surface area contributed by atoms with E-state index in [-0.39, 0.29) is 12.3 Å². The molecule has 0 radical (unpaired) electrons. The van der Waals surface area contributed by atoms with Crippen LogP contribution in [0.15, 0.2) is 43.0 Å². The molecule has 2 unspecified atom stereocenters. The minimum Gasteiger partial charge on any atom is -0.357 e. The molecule has 7 nitrogen and oxygen atoms in total. The van der Waals surface area contributed by atoms with E-state index in [1.165, 1.54) is 11.3 Å². The summed E-state index contributed by atoms with van der Waals surface area (Å²) in [6.45, 7) is 1.54. The van der Waals surface area contributed by atoms with E-state index >= 15 is 0 Å². The summed E-state index contributed by atoms with van der Waals surface area (Å²) < 4.78 is 10.2.